The summed E-state index contributed by atoms with van der Waals surface area (Å²) in [6.45, 7) is 1.95. The summed E-state index contributed by atoms with van der Waals surface area (Å²) in [5.41, 5.74) is -0.00624. The van der Waals surface area contributed by atoms with Crippen LogP contribution >= 0.6 is 0 Å². The Morgan fingerprint density at radius 2 is 2.05 bits per heavy atom. The van der Waals surface area contributed by atoms with Crippen molar-refractivity contribution in [1.82, 2.24) is 9.80 Å². The van der Waals surface area contributed by atoms with Crippen LogP contribution in [0.3, 0.4) is 0 Å². The van der Waals surface area contributed by atoms with Gasteiger partial charge >= 0.3 is 0 Å². The average Bonchev–Trinajstić information content (AvgIpc) is 2.57. The van der Waals surface area contributed by atoms with E-state index in [0.29, 0.717) is 6.54 Å². The Labute approximate surface area is 116 Å². The molecule has 1 aliphatic heterocycles. The van der Waals surface area contributed by atoms with E-state index < -0.39 is 0 Å². The van der Waals surface area contributed by atoms with Crippen molar-refractivity contribution < 1.29 is 9.90 Å². The first kappa shape index (κ1) is 14.8. The molecule has 2 aliphatic rings. The van der Waals surface area contributed by atoms with Crippen LogP contribution in [0.4, 0.5) is 0 Å². The molecule has 1 saturated carbocycles. The Bertz CT molecular complexity index is 310. The van der Waals surface area contributed by atoms with Crippen molar-refractivity contribution in [2.75, 3.05) is 33.8 Å². The lowest BCUT2D eigenvalue weighted by Crippen LogP contribution is -2.51. The molecule has 19 heavy (non-hydrogen) atoms. The average molecular weight is 268 g/mol. The molecule has 4 nitrogen and oxygen atoms in total. The maximum atomic E-state index is 12.6. The van der Waals surface area contributed by atoms with Gasteiger partial charge in [-0.25, -0.2) is 0 Å². The smallest absolute Gasteiger partial charge is 0.239 e. The topological polar surface area (TPSA) is 43.8 Å². The molecular weight excluding hydrogens is 240 g/mol. The summed E-state index contributed by atoms with van der Waals surface area (Å²) in [5.74, 6) is 0.240. The minimum Gasteiger partial charge on any atom is -0.396 e. The highest BCUT2D eigenvalue weighted by Crippen LogP contribution is 2.41. The van der Waals surface area contributed by atoms with Crippen molar-refractivity contribution in [3.63, 3.8) is 0 Å². The van der Waals surface area contributed by atoms with Gasteiger partial charge in [0.1, 0.15) is 0 Å². The predicted octanol–water partition coefficient (Wildman–Crippen LogP) is 1.48. The van der Waals surface area contributed by atoms with E-state index in [9.17, 15) is 9.90 Å². The number of nitrogens with zero attached hydrogens (tertiary/aromatic N) is 2. The molecule has 4 heteroatoms. The van der Waals surface area contributed by atoms with E-state index in [4.69, 9.17) is 0 Å². The number of aliphatic hydroxyl groups is 1. The fraction of sp³-hybridized carbons (Fsp3) is 0.933. The van der Waals surface area contributed by atoms with Crippen molar-refractivity contribution in [2.24, 2.45) is 5.41 Å². The third-order valence-corrected chi connectivity index (χ3v) is 5.00. The largest absolute Gasteiger partial charge is 0.396 e. The molecule has 1 amide bonds. The standard InChI is InChI=1S/C15H28N2O2/c1-16-10-5-3-4-7-13(16)14(19)17(2)11-15(12-18)8-6-9-15/h13,18H,3-12H2,1-2H3. The Hall–Kier alpha value is -0.610. The van der Waals surface area contributed by atoms with Crippen LogP contribution in [-0.4, -0.2) is 60.6 Å². The first-order valence-electron chi connectivity index (χ1n) is 7.64. The molecule has 110 valence electrons. The highest BCUT2D eigenvalue weighted by atomic mass is 16.3. The Morgan fingerprint density at radius 1 is 1.32 bits per heavy atom. The van der Waals surface area contributed by atoms with Gasteiger partial charge in [-0.15, -0.1) is 0 Å². The van der Waals surface area contributed by atoms with Gasteiger partial charge in [0.15, 0.2) is 0 Å². The van der Waals surface area contributed by atoms with Crippen molar-refractivity contribution in [3.8, 4) is 0 Å². The van der Waals surface area contributed by atoms with Gasteiger partial charge in [0.25, 0.3) is 0 Å². The molecule has 0 spiro atoms. The summed E-state index contributed by atoms with van der Waals surface area (Å²) in [7, 11) is 3.96. The third-order valence-electron chi connectivity index (χ3n) is 5.00. The molecule has 0 aromatic rings. The zero-order chi connectivity index (χ0) is 13.9. The van der Waals surface area contributed by atoms with Crippen LogP contribution in [0.1, 0.15) is 44.9 Å². The number of likely N-dealkylation sites (N-methyl/N-ethyl adjacent to an activating group) is 2. The van der Waals surface area contributed by atoms with Gasteiger partial charge in [-0.1, -0.05) is 19.3 Å². The van der Waals surface area contributed by atoms with Crippen LogP contribution in [0.15, 0.2) is 0 Å². The summed E-state index contributed by atoms with van der Waals surface area (Å²) in [6, 6.07) is 0.0447. The number of hydrogen-bond donors (Lipinski definition) is 1. The second kappa shape index (κ2) is 6.23. The first-order valence-corrected chi connectivity index (χ1v) is 7.64. The summed E-state index contributed by atoms with van der Waals surface area (Å²) in [5, 5.41) is 9.53. The minimum absolute atomic E-state index is 0.00624. The summed E-state index contributed by atoms with van der Waals surface area (Å²) in [6.07, 6.45) is 7.86. The number of hydrogen-bond acceptors (Lipinski definition) is 3. The number of likely N-dealkylation sites (tertiary alicyclic amines) is 1. The molecule has 1 aliphatic carbocycles. The number of carbonyl (C=O) groups excluding carboxylic acids is 1. The quantitative estimate of drug-likeness (QED) is 0.840. The van der Waals surface area contributed by atoms with Crippen molar-refractivity contribution in [1.29, 1.82) is 0 Å². The normalized spacial score (nSPS) is 27.4. The molecule has 1 atom stereocenters. The predicted molar refractivity (Wildman–Crippen MR) is 75.9 cm³/mol. The van der Waals surface area contributed by atoms with Crippen LogP contribution in [0, 0.1) is 5.41 Å². The SMILES string of the molecule is CN(CC1(CO)CCC1)C(=O)C1CCCCCN1C. The van der Waals surface area contributed by atoms with E-state index >= 15 is 0 Å². The molecule has 0 bridgehead atoms. The minimum atomic E-state index is -0.00624. The summed E-state index contributed by atoms with van der Waals surface area (Å²) in [4.78, 5) is 16.7. The maximum absolute atomic E-state index is 12.6. The molecule has 0 aromatic heterocycles. The lowest BCUT2D eigenvalue weighted by atomic mass is 9.69. The van der Waals surface area contributed by atoms with Crippen LogP contribution in [0.25, 0.3) is 0 Å². The van der Waals surface area contributed by atoms with E-state index in [1.807, 2.05) is 11.9 Å². The monoisotopic (exact) mass is 268 g/mol. The molecule has 1 N–H and O–H groups in total. The molecule has 1 unspecified atom stereocenters. The second-order valence-corrected chi connectivity index (χ2v) is 6.55. The highest BCUT2D eigenvalue weighted by Gasteiger charge is 2.39. The van der Waals surface area contributed by atoms with Crippen LogP contribution < -0.4 is 0 Å². The lowest BCUT2D eigenvalue weighted by Gasteiger charge is -2.43. The van der Waals surface area contributed by atoms with Gasteiger partial charge in [-0.05, 0) is 39.3 Å². The molecule has 2 fully saturated rings. The lowest BCUT2D eigenvalue weighted by molar-refractivity contribution is -0.138. The van der Waals surface area contributed by atoms with Crippen molar-refractivity contribution in [3.05, 3.63) is 0 Å². The number of carbonyl (C=O) groups is 1. The van der Waals surface area contributed by atoms with E-state index in [1.165, 1.54) is 19.3 Å². The van der Waals surface area contributed by atoms with Crippen molar-refractivity contribution in [2.45, 2.75) is 51.0 Å². The zero-order valence-corrected chi connectivity index (χ0v) is 12.4. The fourth-order valence-corrected chi connectivity index (χ4v) is 3.44. The van der Waals surface area contributed by atoms with E-state index in [1.54, 1.807) is 0 Å². The Balaban J connectivity index is 1.93. The number of rotatable bonds is 4. The maximum Gasteiger partial charge on any atom is 0.239 e. The van der Waals surface area contributed by atoms with Gasteiger partial charge in [-0.3, -0.25) is 9.69 Å². The third kappa shape index (κ3) is 3.29. The van der Waals surface area contributed by atoms with E-state index in [0.717, 1.165) is 32.2 Å². The summed E-state index contributed by atoms with van der Waals surface area (Å²) >= 11 is 0. The van der Waals surface area contributed by atoms with Gasteiger partial charge in [-0.2, -0.15) is 0 Å². The molecule has 2 rings (SSSR count). The molecular formula is C15H28N2O2. The highest BCUT2D eigenvalue weighted by molar-refractivity contribution is 5.81. The molecule has 0 aromatic carbocycles. The number of amides is 1. The molecule has 1 saturated heterocycles. The van der Waals surface area contributed by atoms with Gasteiger partial charge in [0.2, 0.25) is 5.91 Å². The van der Waals surface area contributed by atoms with Gasteiger partial charge < -0.3 is 10.0 Å². The first-order chi connectivity index (χ1) is 9.08. The Kier molecular flexibility index (Phi) is 4.85. The van der Waals surface area contributed by atoms with Crippen LogP contribution in [-0.2, 0) is 4.79 Å². The van der Waals surface area contributed by atoms with Gasteiger partial charge in [0.05, 0.1) is 12.6 Å². The number of aliphatic hydroxyl groups excluding tert-OH is 1. The summed E-state index contributed by atoms with van der Waals surface area (Å²) < 4.78 is 0. The second-order valence-electron chi connectivity index (χ2n) is 6.55. The van der Waals surface area contributed by atoms with E-state index in [2.05, 4.69) is 11.9 Å². The fourth-order valence-electron chi connectivity index (χ4n) is 3.44. The zero-order valence-electron chi connectivity index (χ0n) is 12.4. The van der Waals surface area contributed by atoms with Gasteiger partial charge in [0, 0.05) is 19.0 Å². The van der Waals surface area contributed by atoms with Crippen molar-refractivity contribution >= 4 is 5.91 Å². The molecule has 0 radical (unpaired) electrons. The Morgan fingerprint density at radius 3 is 2.63 bits per heavy atom. The van der Waals surface area contributed by atoms with Crippen LogP contribution in [0.5, 0.6) is 0 Å². The molecule has 1 heterocycles. The van der Waals surface area contributed by atoms with E-state index in [-0.39, 0.29) is 24.0 Å². The van der Waals surface area contributed by atoms with Crippen LogP contribution in [0.2, 0.25) is 0 Å².